The molecule has 0 bridgehead atoms. The van der Waals surface area contributed by atoms with Gasteiger partial charge in [0.05, 0.1) is 11.6 Å². The molecule has 0 radical (unpaired) electrons. The average Bonchev–Trinajstić information content (AvgIpc) is 2.84. The van der Waals surface area contributed by atoms with Crippen LogP contribution >= 0.6 is 0 Å². The average molecular weight is 309 g/mol. The van der Waals surface area contributed by atoms with Gasteiger partial charge in [-0.2, -0.15) is 0 Å². The van der Waals surface area contributed by atoms with E-state index in [-0.39, 0.29) is 11.3 Å². The van der Waals surface area contributed by atoms with E-state index in [1.54, 1.807) is 48.5 Å². The first kappa shape index (κ1) is 14.5. The van der Waals surface area contributed by atoms with E-state index < -0.39 is 17.8 Å². The number of hydrogen-bond acceptors (Lipinski definition) is 5. The lowest BCUT2D eigenvalue weighted by Crippen LogP contribution is -2.34. The van der Waals surface area contributed by atoms with Crippen LogP contribution in [0, 0.1) is 0 Å². The fourth-order valence-corrected chi connectivity index (χ4v) is 1.92. The van der Waals surface area contributed by atoms with Crippen molar-refractivity contribution in [2.45, 2.75) is 0 Å². The van der Waals surface area contributed by atoms with Crippen molar-refractivity contribution in [1.82, 2.24) is 5.06 Å². The molecule has 0 saturated carbocycles. The number of benzene rings is 2. The van der Waals surface area contributed by atoms with Gasteiger partial charge in [0, 0.05) is 0 Å². The van der Waals surface area contributed by atoms with Crippen molar-refractivity contribution in [3.05, 3.63) is 78.1 Å². The number of hydrogen-bond donors (Lipinski definition) is 0. The SMILES string of the molecule is O=C(ON1C(=O)C=C(Oc2ccccc2)C1=O)c1ccccc1. The van der Waals surface area contributed by atoms with Crippen LogP contribution in [0.2, 0.25) is 0 Å². The third-order valence-corrected chi connectivity index (χ3v) is 3.00. The van der Waals surface area contributed by atoms with Crippen LogP contribution < -0.4 is 4.74 Å². The van der Waals surface area contributed by atoms with Crippen LogP contribution in [0.1, 0.15) is 10.4 Å². The van der Waals surface area contributed by atoms with Crippen LogP contribution in [-0.4, -0.2) is 22.8 Å². The molecule has 2 aromatic rings. The number of nitrogens with zero attached hydrogens (tertiary/aromatic N) is 1. The second-order valence-electron chi connectivity index (χ2n) is 4.61. The Hall–Kier alpha value is -3.41. The first-order valence-electron chi connectivity index (χ1n) is 6.75. The molecule has 2 amide bonds. The molecule has 0 aromatic heterocycles. The summed E-state index contributed by atoms with van der Waals surface area (Å²) in [4.78, 5) is 40.7. The van der Waals surface area contributed by atoms with Gasteiger partial charge in [-0.05, 0) is 24.3 Å². The Morgan fingerprint density at radius 1 is 0.870 bits per heavy atom. The molecule has 3 rings (SSSR count). The highest BCUT2D eigenvalue weighted by molar-refractivity contribution is 6.15. The van der Waals surface area contributed by atoms with E-state index in [0.29, 0.717) is 10.8 Å². The summed E-state index contributed by atoms with van der Waals surface area (Å²) in [5, 5.41) is 0.383. The number of carbonyl (C=O) groups excluding carboxylic acids is 3. The normalized spacial score (nSPS) is 13.7. The molecule has 0 spiro atoms. The maximum atomic E-state index is 12.1. The molecule has 0 N–H and O–H groups in total. The molecule has 0 fully saturated rings. The van der Waals surface area contributed by atoms with Crippen molar-refractivity contribution in [2.75, 3.05) is 0 Å². The van der Waals surface area contributed by atoms with Crippen molar-refractivity contribution in [3.63, 3.8) is 0 Å². The molecule has 1 aliphatic rings. The molecule has 0 saturated heterocycles. The summed E-state index contributed by atoms with van der Waals surface area (Å²) >= 11 is 0. The maximum absolute atomic E-state index is 12.1. The van der Waals surface area contributed by atoms with Crippen LogP contribution in [0.5, 0.6) is 5.75 Å². The van der Waals surface area contributed by atoms with Gasteiger partial charge in [-0.15, -0.1) is 0 Å². The first-order chi connectivity index (χ1) is 11.1. The highest BCUT2D eigenvalue weighted by Gasteiger charge is 2.36. The fourth-order valence-electron chi connectivity index (χ4n) is 1.92. The number of imide groups is 1. The minimum atomic E-state index is -0.830. The topological polar surface area (TPSA) is 72.9 Å². The van der Waals surface area contributed by atoms with Gasteiger partial charge in [0.1, 0.15) is 5.75 Å². The van der Waals surface area contributed by atoms with Crippen LogP contribution in [0.25, 0.3) is 0 Å². The fraction of sp³-hybridized carbons (Fsp3) is 0. The second-order valence-corrected chi connectivity index (χ2v) is 4.61. The van der Waals surface area contributed by atoms with Gasteiger partial charge >= 0.3 is 11.9 Å². The minimum Gasteiger partial charge on any atom is -0.451 e. The van der Waals surface area contributed by atoms with Crippen molar-refractivity contribution in [1.29, 1.82) is 0 Å². The third kappa shape index (κ3) is 3.11. The molecule has 6 nitrogen and oxygen atoms in total. The Bertz CT molecular complexity index is 783. The minimum absolute atomic E-state index is 0.206. The van der Waals surface area contributed by atoms with Crippen molar-refractivity contribution >= 4 is 17.8 Å². The van der Waals surface area contributed by atoms with Crippen LogP contribution in [0.15, 0.2) is 72.5 Å². The molecule has 6 heteroatoms. The summed E-state index contributed by atoms with van der Waals surface area (Å²) in [7, 11) is 0. The van der Waals surface area contributed by atoms with E-state index in [0.717, 1.165) is 6.08 Å². The van der Waals surface area contributed by atoms with Crippen molar-refractivity contribution in [3.8, 4) is 5.75 Å². The molecule has 1 aliphatic heterocycles. The summed E-state index contributed by atoms with van der Waals surface area (Å²) in [6.07, 6.45) is 0.980. The van der Waals surface area contributed by atoms with Crippen LogP contribution in [0.3, 0.4) is 0 Å². The predicted molar refractivity (Wildman–Crippen MR) is 78.9 cm³/mol. The first-order valence-corrected chi connectivity index (χ1v) is 6.75. The third-order valence-electron chi connectivity index (χ3n) is 3.00. The number of hydroxylamine groups is 2. The van der Waals surface area contributed by atoms with E-state index in [1.165, 1.54) is 12.1 Å². The Morgan fingerprint density at radius 3 is 2.13 bits per heavy atom. The summed E-state index contributed by atoms with van der Waals surface area (Å²) in [6.45, 7) is 0. The lowest BCUT2D eigenvalue weighted by atomic mass is 10.2. The van der Waals surface area contributed by atoms with Gasteiger partial charge in [0.25, 0.3) is 5.91 Å². The smallest absolute Gasteiger partial charge is 0.363 e. The highest BCUT2D eigenvalue weighted by Crippen LogP contribution is 2.20. The highest BCUT2D eigenvalue weighted by atomic mass is 16.7. The summed E-state index contributed by atoms with van der Waals surface area (Å²) in [5.41, 5.74) is 0.227. The van der Waals surface area contributed by atoms with Crippen LogP contribution in [-0.2, 0) is 14.4 Å². The van der Waals surface area contributed by atoms with Gasteiger partial charge in [0.2, 0.25) is 5.76 Å². The number of amides is 2. The van der Waals surface area contributed by atoms with Gasteiger partial charge in [-0.25, -0.2) is 4.79 Å². The van der Waals surface area contributed by atoms with Gasteiger partial charge in [0.15, 0.2) is 0 Å². The molecular weight excluding hydrogens is 298 g/mol. The molecule has 1 heterocycles. The van der Waals surface area contributed by atoms with Crippen LogP contribution in [0.4, 0.5) is 0 Å². The molecule has 0 unspecified atom stereocenters. The summed E-state index contributed by atoms with van der Waals surface area (Å²) < 4.78 is 5.33. The predicted octanol–water partition coefficient (Wildman–Crippen LogP) is 2.09. The van der Waals surface area contributed by atoms with E-state index in [2.05, 4.69) is 0 Å². The van der Waals surface area contributed by atoms with Gasteiger partial charge in [-0.1, -0.05) is 41.5 Å². The lowest BCUT2D eigenvalue weighted by molar-refractivity contribution is -0.172. The Kier molecular flexibility index (Phi) is 3.88. The second kappa shape index (κ2) is 6.15. The summed E-state index contributed by atoms with van der Waals surface area (Å²) in [6, 6.07) is 16.6. The Balaban J connectivity index is 1.70. The van der Waals surface area contributed by atoms with E-state index >= 15 is 0 Å². The number of para-hydroxylation sites is 1. The number of rotatable bonds is 4. The standard InChI is InChI=1S/C17H11NO5/c19-15-11-14(22-13-9-5-2-6-10-13)16(20)18(15)23-17(21)12-7-3-1-4-8-12/h1-11H. The number of ether oxygens (including phenoxy) is 1. The van der Waals surface area contributed by atoms with Gasteiger partial charge < -0.3 is 9.57 Å². The number of carbonyl (C=O) groups is 3. The molecule has 0 atom stereocenters. The zero-order valence-electron chi connectivity index (χ0n) is 11.8. The quantitative estimate of drug-likeness (QED) is 0.809. The van der Waals surface area contributed by atoms with E-state index in [9.17, 15) is 14.4 Å². The lowest BCUT2D eigenvalue weighted by Gasteiger charge is -2.13. The molecule has 2 aromatic carbocycles. The zero-order valence-corrected chi connectivity index (χ0v) is 11.8. The van der Waals surface area contributed by atoms with Crippen molar-refractivity contribution < 1.29 is 24.0 Å². The molecular formula is C17H11NO5. The Morgan fingerprint density at radius 2 is 1.48 bits per heavy atom. The monoisotopic (exact) mass is 309 g/mol. The van der Waals surface area contributed by atoms with E-state index in [4.69, 9.17) is 9.57 Å². The van der Waals surface area contributed by atoms with Gasteiger partial charge in [-0.3, -0.25) is 9.59 Å². The summed E-state index contributed by atoms with van der Waals surface area (Å²) in [5.74, 6) is -2.21. The largest absolute Gasteiger partial charge is 0.451 e. The van der Waals surface area contributed by atoms with Crippen molar-refractivity contribution in [2.24, 2.45) is 0 Å². The Labute approximate surface area is 131 Å². The molecule has 114 valence electrons. The zero-order chi connectivity index (χ0) is 16.2. The molecule has 23 heavy (non-hydrogen) atoms. The molecule has 0 aliphatic carbocycles. The maximum Gasteiger partial charge on any atom is 0.363 e. The van der Waals surface area contributed by atoms with E-state index in [1.807, 2.05) is 0 Å².